The maximum absolute atomic E-state index is 11.0. The molecular weight excluding hydrogens is 290 g/mol. The van der Waals surface area contributed by atoms with Gasteiger partial charge < -0.3 is 4.74 Å². The predicted octanol–water partition coefficient (Wildman–Crippen LogP) is 3.71. The lowest BCUT2D eigenvalue weighted by atomic mass is 10.2. The number of carbonyl (C=O) groups excluding carboxylic acids is 1. The third-order valence-corrected chi connectivity index (χ3v) is 4.05. The number of ether oxygens (including phenoxy) is 1. The molecule has 0 radical (unpaired) electrons. The SMILES string of the molecule is COc1ccc(CSc2ccc([N+](=O)[O-])cc2C=O)cc1. The van der Waals surface area contributed by atoms with Crippen molar-refractivity contribution >= 4 is 23.7 Å². The normalized spacial score (nSPS) is 10.1. The molecule has 0 N–H and O–H groups in total. The van der Waals surface area contributed by atoms with Crippen LogP contribution in [0.15, 0.2) is 47.4 Å². The van der Waals surface area contributed by atoms with Crippen LogP contribution < -0.4 is 4.74 Å². The smallest absolute Gasteiger partial charge is 0.270 e. The highest BCUT2D eigenvalue weighted by atomic mass is 32.2. The number of aldehydes is 1. The maximum Gasteiger partial charge on any atom is 0.270 e. The topological polar surface area (TPSA) is 69.4 Å². The highest BCUT2D eigenvalue weighted by Gasteiger charge is 2.10. The summed E-state index contributed by atoms with van der Waals surface area (Å²) in [5, 5.41) is 10.7. The molecule has 108 valence electrons. The van der Waals surface area contributed by atoms with Gasteiger partial charge in [-0.25, -0.2) is 0 Å². The van der Waals surface area contributed by atoms with Crippen molar-refractivity contribution in [3.8, 4) is 5.75 Å². The van der Waals surface area contributed by atoms with Gasteiger partial charge in [0.05, 0.1) is 12.0 Å². The second kappa shape index (κ2) is 6.90. The van der Waals surface area contributed by atoms with E-state index < -0.39 is 4.92 Å². The average Bonchev–Trinajstić information content (AvgIpc) is 2.53. The molecule has 2 aromatic carbocycles. The molecule has 0 saturated heterocycles. The van der Waals surface area contributed by atoms with Crippen LogP contribution in [0.5, 0.6) is 5.75 Å². The summed E-state index contributed by atoms with van der Waals surface area (Å²) in [6.45, 7) is 0. The number of hydrogen-bond acceptors (Lipinski definition) is 5. The molecule has 2 aromatic rings. The molecule has 0 aromatic heterocycles. The van der Waals surface area contributed by atoms with E-state index in [1.165, 1.54) is 23.9 Å². The number of rotatable bonds is 6. The van der Waals surface area contributed by atoms with Gasteiger partial charge in [0.2, 0.25) is 0 Å². The van der Waals surface area contributed by atoms with Gasteiger partial charge in [-0.05, 0) is 23.8 Å². The summed E-state index contributed by atoms with van der Waals surface area (Å²) in [4.78, 5) is 22.0. The Kier molecular flexibility index (Phi) is 4.94. The van der Waals surface area contributed by atoms with Crippen molar-refractivity contribution < 1.29 is 14.5 Å². The first-order valence-corrected chi connectivity index (χ1v) is 7.12. The zero-order chi connectivity index (χ0) is 15.2. The van der Waals surface area contributed by atoms with Gasteiger partial charge in [0.25, 0.3) is 5.69 Å². The van der Waals surface area contributed by atoms with Gasteiger partial charge in [0.15, 0.2) is 6.29 Å². The van der Waals surface area contributed by atoms with Gasteiger partial charge in [0.1, 0.15) is 5.75 Å². The average molecular weight is 303 g/mol. The van der Waals surface area contributed by atoms with E-state index in [1.807, 2.05) is 24.3 Å². The molecule has 0 aliphatic rings. The maximum atomic E-state index is 11.0. The van der Waals surface area contributed by atoms with Crippen molar-refractivity contribution in [2.24, 2.45) is 0 Å². The number of carbonyl (C=O) groups is 1. The molecule has 0 atom stereocenters. The molecule has 0 unspecified atom stereocenters. The minimum atomic E-state index is -0.509. The standard InChI is InChI=1S/C15H13NO4S/c1-20-14-5-2-11(3-6-14)10-21-15-7-4-13(16(18)19)8-12(15)9-17/h2-9H,10H2,1H3. The molecule has 0 aliphatic heterocycles. The van der Waals surface area contributed by atoms with E-state index in [-0.39, 0.29) is 5.69 Å². The van der Waals surface area contributed by atoms with E-state index in [4.69, 9.17) is 4.74 Å². The Bertz CT molecular complexity index is 655. The van der Waals surface area contributed by atoms with Crippen molar-refractivity contribution in [1.29, 1.82) is 0 Å². The van der Waals surface area contributed by atoms with Gasteiger partial charge in [0, 0.05) is 28.3 Å². The van der Waals surface area contributed by atoms with Crippen molar-refractivity contribution in [1.82, 2.24) is 0 Å². The Balaban J connectivity index is 2.11. The van der Waals surface area contributed by atoms with E-state index in [9.17, 15) is 14.9 Å². The monoisotopic (exact) mass is 303 g/mol. The number of benzene rings is 2. The fourth-order valence-electron chi connectivity index (χ4n) is 1.76. The van der Waals surface area contributed by atoms with Crippen molar-refractivity contribution in [2.75, 3.05) is 7.11 Å². The number of methoxy groups -OCH3 is 1. The largest absolute Gasteiger partial charge is 0.497 e. The Morgan fingerprint density at radius 2 is 1.95 bits per heavy atom. The van der Waals surface area contributed by atoms with E-state index >= 15 is 0 Å². The molecule has 0 spiro atoms. The molecule has 0 saturated carbocycles. The van der Waals surface area contributed by atoms with Crippen LogP contribution in [-0.2, 0) is 5.75 Å². The van der Waals surface area contributed by atoms with E-state index in [0.717, 1.165) is 16.2 Å². The van der Waals surface area contributed by atoms with Crippen LogP contribution in [0, 0.1) is 10.1 Å². The lowest BCUT2D eigenvalue weighted by molar-refractivity contribution is -0.384. The van der Waals surface area contributed by atoms with Crippen LogP contribution in [0.4, 0.5) is 5.69 Å². The minimum Gasteiger partial charge on any atom is -0.497 e. The molecule has 0 fully saturated rings. The molecule has 0 heterocycles. The summed E-state index contributed by atoms with van der Waals surface area (Å²) < 4.78 is 5.09. The highest BCUT2D eigenvalue weighted by Crippen LogP contribution is 2.28. The third-order valence-electron chi connectivity index (χ3n) is 2.88. The lowest BCUT2D eigenvalue weighted by Gasteiger charge is -2.06. The molecular formula is C15H13NO4S. The number of hydrogen-bond donors (Lipinski definition) is 0. The molecule has 0 aliphatic carbocycles. The molecule has 0 bridgehead atoms. The first-order chi connectivity index (χ1) is 10.1. The Labute approximate surface area is 126 Å². The summed E-state index contributed by atoms with van der Waals surface area (Å²) in [6, 6.07) is 11.9. The number of nitro benzene ring substituents is 1. The quantitative estimate of drug-likeness (QED) is 0.352. The fraction of sp³-hybridized carbons (Fsp3) is 0.133. The zero-order valence-corrected chi connectivity index (χ0v) is 12.1. The number of nitrogens with zero attached hydrogens (tertiary/aromatic N) is 1. The fourth-order valence-corrected chi connectivity index (χ4v) is 2.71. The predicted molar refractivity (Wildman–Crippen MR) is 81.0 cm³/mol. The van der Waals surface area contributed by atoms with Crippen LogP contribution in [-0.4, -0.2) is 18.3 Å². The van der Waals surface area contributed by atoms with Gasteiger partial charge >= 0.3 is 0 Å². The Morgan fingerprint density at radius 1 is 1.24 bits per heavy atom. The van der Waals surface area contributed by atoms with Gasteiger partial charge in [-0.3, -0.25) is 14.9 Å². The van der Waals surface area contributed by atoms with E-state index in [2.05, 4.69) is 0 Å². The second-order valence-electron chi connectivity index (χ2n) is 4.23. The van der Waals surface area contributed by atoms with Gasteiger partial charge in [-0.2, -0.15) is 0 Å². The molecule has 6 heteroatoms. The van der Waals surface area contributed by atoms with Crippen molar-refractivity contribution in [3.05, 3.63) is 63.7 Å². The first-order valence-electron chi connectivity index (χ1n) is 6.13. The molecule has 0 amide bonds. The van der Waals surface area contributed by atoms with Gasteiger partial charge in [-0.15, -0.1) is 11.8 Å². The van der Waals surface area contributed by atoms with Crippen molar-refractivity contribution in [3.63, 3.8) is 0 Å². The summed E-state index contributed by atoms with van der Waals surface area (Å²) in [6.07, 6.45) is 0.642. The molecule has 5 nitrogen and oxygen atoms in total. The van der Waals surface area contributed by atoms with Crippen molar-refractivity contribution in [2.45, 2.75) is 10.6 Å². The number of thioether (sulfide) groups is 1. The Hall–Kier alpha value is -2.34. The van der Waals surface area contributed by atoms with Crippen LogP contribution in [0.3, 0.4) is 0 Å². The summed E-state index contributed by atoms with van der Waals surface area (Å²) in [7, 11) is 1.61. The first kappa shape index (κ1) is 15.1. The van der Waals surface area contributed by atoms with Crippen LogP contribution in [0.2, 0.25) is 0 Å². The number of non-ortho nitro benzene ring substituents is 1. The summed E-state index contributed by atoms with van der Waals surface area (Å²) in [5.74, 6) is 1.45. The Morgan fingerprint density at radius 3 is 2.52 bits per heavy atom. The van der Waals surface area contributed by atoms with E-state index in [0.29, 0.717) is 17.6 Å². The molecule has 2 rings (SSSR count). The third kappa shape index (κ3) is 3.82. The number of nitro groups is 1. The summed E-state index contributed by atoms with van der Waals surface area (Å²) >= 11 is 1.46. The van der Waals surface area contributed by atoms with Gasteiger partial charge in [-0.1, -0.05) is 12.1 Å². The lowest BCUT2D eigenvalue weighted by Crippen LogP contribution is -1.92. The van der Waals surface area contributed by atoms with Crippen LogP contribution >= 0.6 is 11.8 Å². The molecule has 21 heavy (non-hydrogen) atoms. The summed E-state index contributed by atoms with van der Waals surface area (Å²) in [5.41, 5.74) is 1.34. The minimum absolute atomic E-state index is 0.0779. The highest BCUT2D eigenvalue weighted by molar-refractivity contribution is 7.98. The second-order valence-corrected chi connectivity index (χ2v) is 5.25. The zero-order valence-electron chi connectivity index (χ0n) is 11.3. The van der Waals surface area contributed by atoms with E-state index in [1.54, 1.807) is 13.2 Å². The van der Waals surface area contributed by atoms with Crippen LogP contribution in [0.25, 0.3) is 0 Å². The van der Waals surface area contributed by atoms with Crippen LogP contribution in [0.1, 0.15) is 15.9 Å².